The molecule has 0 aliphatic rings. The first-order valence-corrected chi connectivity index (χ1v) is 7.57. The van der Waals surface area contributed by atoms with Crippen LogP contribution in [0.4, 0.5) is 0 Å². The standard InChI is InChI=1S/C14H16O5S/c1-3-5-10-19-11-6-8-12(9-7-11)20(17,18)13(4-2)14(15)16/h6-9,13H,4,10H2,1-2H3,(H,15,16). The van der Waals surface area contributed by atoms with Crippen molar-refractivity contribution < 1.29 is 23.1 Å². The Morgan fingerprint density at radius 2 is 1.95 bits per heavy atom. The molecular formula is C14H16O5S. The molecule has 20 heavy (non-hydrogen) atoms. The lowest BCUT2D eigenvalue weighted by molar-refractivity contribution is -0.136. The van der Waals surface area contributed by atoms with Gasteiger partial charge in [0, 0.05) is 0 Å². The fraction of sp³-hybridized carbons (Fsp3) is 0.357. The van der Waals surface area contributed by atoms with E-state index in [1.807, 2.05) is 0 Å². The molecule has 1 aromatic carbocycles. The normalized spacial score (nSPS) is 12.1. The van der Waals surface area contributed by atoms with Gasteiger partial charge < -0.3 is 9.84 Å². The van der Waals surface area contributed by atoms with Crippen LogP contribution >= 0.6 is 0 Å². The monoisotopic (exact) mass is 296 g/mol. The molecule has 0 bridgehead atoms. The van der Waals surface area contributed by atoms with Crippen molar-refractivity contribution in [3.63, 3.8) is 0 Å². The molecule has 108 valence electrons. The van der Waals surface area contributed by atoms with Crippen LogP contribution in [0.1, 0.15) is 20.3 Å². The number of benzene rings is 1. The van der Waals surface area contributed by atoms with Gasteiger partial charge in [-0.1, -0.05) is 12.8 Å². The Bertz CT molecular complexity index is 620. The largest absolute Gasteiger partial charge is 0.481 e. The quantitative estimate of drug-likeness (QED) is 0.808. The van der Waals surface area contributed by atoms with E-state index in [9.17, 15) is 13.2 Å². The van der Waals surface area contributed by atoms with Crippen molar-refractivity contribution in [2.75, 3.05) is 6.61 Å². The predicted molar refractivity (Wildman–Crippen MR) is 74.3 cm³/mol. The highest BCUT2D eigenvalue weighted by Crippen LogP contribution is 2.21. The first-order chi connectivity index (χ1) is 9.43. The maximum atomic E-state index is 12.1. The second-order valence-corrected chi connectivity index (χ2v) is 6.10. The van der Waals surface area contributed by atoms with Gasteiger partial charge in [-0.25, -0.2) is 8.42 Å². The predicted octanol–water partition coefficient (Wildman–Crippen LogP) is 1.73. The van der Waals surface area contributed by atoms with Gasteiger partial charge >= 0.3 is 5.97 Å². The zero-order chi connectivity index (χ0) is 15.2. The summed E-state index contributed by atoms with van der Waals surface area (Å²) in [5, 5.41) is 7.52. The molecule has 0 radical (unpaired) electrons. The summed E-state index contributed by atoms with van der Waals surface area (Å²) in [7, 11) is -3.88. The van der Waals surface area contributed by atoms with Crippen LogP contribution in [0.15, 0.2) is 29.2 Å². The Kier molecular flexibility index (Phi) is 5.59. The number of sulfone groups is 1. The van der Waals surface area contributed by atoms with E-state index in [2.05, 4.69) is 11.8 Å². The van der Waals surface area contributed by atoms with Gasteiger partial charge in [0.2, 0.25) is 0 Å². The third kappa shape index (κ3) is 3.75. The molecule has 1 N–H and O–H groups in total. The van der Waals surface area contributed by atoms with Crippen molar-refractivity contribution >= 4 is 15.8 Å². The van der Waals surface area contributed by atoms with Gasteiger partial charge in [0.1, 0.15) is 12.4 Å². The van der Waals surface area contributed by atoms with Crippen molar-refractivity contribution in [2.45, 2.75) is 30.4 Å². The molecule has 1 atom stereocenters. The number of hydrogen-bond acceptors (Lipinski definition) is 4. The molecule has 6 heteroatoms. The van der Waals surface area contributed by atoms with Gasteiger partial charge in [-0.05, 0) is 37.6 Å². The van der Waals surface area contributed by atoms with Gasteiger partial charge in [0.25, 0.3) is 0 Å². The molecule has 1 unspecified atom stereocenters. The van der Waals surface area contributed by atoms with E-state index in [1.54, 1.807) is 6.92 Å². The zero-order valence-corrected chi connectivity index (χ0v) is 12.1. The van der Waals surface area contributed by atoms with Crippen LogP contribution in [-0.4, -0.2) is 31.4 Å². The molecule has 0 fully saturated rings. The Morgan fingerprint density at radius 3 is 2.40 bits per heavy atom. The van der Waals surface area contributed by atoms with Crippen molar-refractivity contribution in [3.05, 3.63) is 24.3 Å². The second-order valence-electron chi connectivity index (χ2n) is 3.97. The van der Waals surface area contributed by atoms with E-state index in [-0.39, 0.29) is 17.9 Å². The molecule has 0 heterocycles. The summed E-state index contributed by atoms with van der Waals surface area (Å²) in [4.78, 5) is 10.9. The van der Waals surface area contributed by atoms with E-state index in [1.165, 1.54) is 31.2 Å². The summed E-state index contributed by atoms with van der Waals surface area (Å²) in [6, 6.07) is 5.66. The van der Waals surface area contributed by atoms with Crippen molar-refractivity contribution in [1.29, 1.82) is 0 Å². The third-order valence-corrected chi connectivity index (χ3v) is 4.87. The van der Waals surface area contributed by atoms with Crippen LogP contribution < -0.4 is 4.74 Å². The summed E-state index contributed by atoms with van der Waals surface area (Å²) in [6.45, 7) is 3.43. The maximum absolute atomic E-state index is 12.1. The molecule has 1 rings (SSSR count). The molecule has 0 amide bonds. The van der Waals surface area contributed by atoms with Crippen molar-refractivity contribution in [1.82, 2.24) is 0 Å². The average Bonchev–Trinajstić information content (AvgIpc) is 2.39. The smallest absolute Gasteiger partial charge is 0.322 e. The number of carboxylic acids is 1. The minimum absolute atomic E-state index is 0.0159. The third-order valence-electron chi connectivity index (χ3n) is 2.66. The summed E-state index contributed by atoms with van der Waals surface area (Å²) in [5.74, 6) is 4.53. The van der Waals surface area contributed by atoms with Crippen LogP contribution in [-0.2, 0) is 14.6 Å². The van der Waals surface area contributed by atoms with Crippen LogP contribution in [0.2, 0.25) is 0 Å². The lowest BCUT2D eigenvalue weighted by Gasteiger charge is -2.11. The van der Waals surface area contributed by atoms with Gasteiger partial charge in [-0.3, -0.25) is 4.79 Å². The van der Waals surface area contributed by atoms with E-state index >= 15 is 0 Å². The number of aliphatic carboxylic acids is 1. The highest BCUT2D eigenvalue weighted by molar-refractivity contribution is 7.92. The number of carboxylic acid groups (broad SMARTS) is 1. The van der Waals surface area contributed by atoms with Crippen LogP contribution in [0, 0.1) is 11.8 Å². The minimum atomic E-state index is -3.88. The highest BCUT2D eigenvalue weighted by Gasteiger charge is 2.32. The summed E-state index contributed by atoms with van der Waals surface area (Å²) in [6.07, 6.45) is 0.0159. The summed E-state index contributed by atoms with van der Waals surface area (Å²) >= 11 is 0. The topological polar surface area (TPSA) is 80.7 Å². The fourth-order valence-corrected chi connectivity index (χ4v) is 3.16. The lowest BCUT2D eigenvalue weighted by Crippen LogP contribution is -2.29. The SMILES string of the molecule is CC#CCOc1ccc(S(=O)(=O)C(CC)C(=O)O)cc1. The van der Waals surface area contributed by atoms with E-state index in [4.69, 9.17) is 9.84 Å². The van der Waals surface area contributed by atoms with Crippen LogP contribution in [0.5, 0.6) is 5.75 Å². The van der Waals surface area contributed by atoms with Crippen LogP contribution in [0.3, 0.4) is 0 Å². The summed E-state index contributed by atoms with van der Waals surface area (Å²) < 4.78 is 29.5. The summed E-state index contributed by atoms with van der Waals surface area (Å²) in [5.41, 5.74) is 0. The Balaban J connectivity index is 2.96. The molecule has 0 saturated carbocycles. The first-order valence-electron chi connectivity index (χ1n) is 6.02. The van der Waals surface area contributed by atoms with Crippen LogP contribution in [0.25, 0.3) is 0 Å². The molecule has 0 aliphatic heterocycles. The molecule has 0 spiro atoms. The van der Waals surface area contributed by atoms with E-state index < -0.39 is 21.1 Å². The van der Waals surface area contributed by atoms with E-state index in [0.717, 1.165) is 0 Å². The van der Waals surface area contributed by atoms with Crippen molar-refractivity contribution in [3.8, 4) is 17.6 Å². The molecule has 1 aromatic rings. The van der Waals surface area contributed by atoms with Crippen molar-refractivity contribution in [2.24, 2.45) is 0 Å². The van der Waals surface area contributed by atoms with Gasteiger partial charge in [0.05, 0.1) is 4.90 Å². The number of rotatable bonds is 6. The number of carbonyl (C=O) groups is 1. The fourth-order valence-electron chi connectivity index (χ4n) is 1.61. The Labute approximate surface area is 118 Å². The van der Waals surface area contributed by atoms with E-state index in [0.29, 0.717) is 5.75 Å². The molecule has 0 saturated heterocycles. The average molecular weight is 296 g/mol. The minimum Gasteiger partial charge on any atom is -0.481 e. The molecular weight excluding hydrogens is 280 g/mol. The first kappa shape index (κ1) is 16.1. The number of ether oxygens (including phenoxy) is 1. The molecule has 0 aromatic heterocycles. The van der Waals surface area contributed by atoms with Gasteiger partial charge in [-0.2, -0.15) is 0 Å². The molecule has 5 nitrogen and oxygen atoms in total. The zero-order valence-electron chi connectivity index (χ0n) is 11.3. The van der Waals surface area contributed by atoms with Gasteiger partial charge in [0.15, 0.2) is 15.1 Å². The number of hydrogen-bond donors (Lipinski definition) is 1. The lowest BCUT2D eigenvalue weighted by atomic mass is 10.3. The second kappa shape index (κ2) is 6.96. The molecule has 0 aliphatic carbocycles. The maximum Gasteiger partial charge on any atom is 0.322 e. The Morgan fingerprint density at radius 1 is 1.35 bits per heavy atom. The Hall–Kier alpha value is -2.00. The highest BCUT2D eigenvalue weighted by atomic mass is 32.2. The van der Waals surface area contributed by atoms with Gasteiger partial charge in [-0.15, -0.1) is 5.92 Å².